The molecule has 0 spiro atoms. The second-order valence-electron chi connectivity index (χ2n) is 6.49. The first kappa shape index (κ1) is 17.5. The molecule has 20 heavy (non-hydrogen) atoms. The normalized spacial score (nSPS) is 19.1. The molecular weight excluding hydrogens is 246 g/mol. The zero-order valence-corrected chi connectivity index (χ0v) is 13.7. The van der Waals surface area contributed by atoms with Crippen molar-refractivity contribution in [1.29, 1.82) is 5.26 Å². The molecule has 1 aliphatic rings. The predicted octanol–water partition coefficient (Wildman–Crippen LogP) is 3.56. The molecule has 1 aliphatic carbocycles. The summed E-state index contributed by atoms with van der Waals surface area (Å²) in [6.07, 6.45) is 9.75. The van der Waals surface area contributed by atoms with E-state index in [0.717, 1.165) is 44.7 Å². The monoisotopic (exact) mass is 279 g/mol. The van der Waals surface area contributed by atoms with Crippen molar-refractivity contribution >= 4 is 0 Å². The van der Waals surface area contributed by atoms with E-state index in [-0.39, 0.29) is 5.54 Å². The van der Waals surface area contributed by atoms with Gasteiger partial charge in [-0.15, -0.1) is 0 Å². The maximum absolute atomic E-state index is 9.47. The Balaban J connectivity index is 2.26. The first-order valence-corrected chi connectivity index (χ1v) is 8.50. The quantitative estimate of drug-likeness (QED) is 0.664. The summed E-state index contributed by atoms with van der Waals surface area (Å²) < 4.78 is 0. The molecule has 0 radical (unpaired) electrons. The molecule has 1 saturated carbocycles. The Bertz CT molecular complexity index is 291. The van der Waals surface area contributed by atoms with Crippen molar-refractivity contribution in [2.45, 2.75) is 70.8 Å². The zero-order valence-electron chi connectivity index (χ0n) is 13.7. The minimum absolute atomic E-state index is 0.301. The van der Waals surface area contributed by atoms with Gasteiger partial charge in [0.15, 0.2) is 0 Å². The van der Waals surface area contributed by atoms with Crippen LogP contribution in [0.3, 0.4) is 0 Å². The van der Waals surface area contributed by atoms with Gasteiger partial charge in [0.25, 0.3) is 0 Å². The lowest BCUT2D eigenvalue weighted by Crippen LogP contribution is -2.44. The standard InChI is InChI=1S/C17H33N3/c1-4-12-19-17(5-2,15-18)11-8-13-20(3)14-16-9-6-7-10-16/h16,19H,4-14H2,1-3H3. The van der Waals surface area contributed by atoms with Crippen molar-refractivity contribution < 1.29 is 0 Å². The first-order valence-electron chi connectivity index (χ1n) is 8.50. The van der Waals surface area contributed by atoms with Crippen molar-refractivity contribution in [3.05, 3.63) is 0 Å². The third-order valence-electron chi connectivity index (χ3n) is 4.72. The minimum atomic E-state index is -0.301. The van der Waals surface area contributed by atoms with Gasteiger partial charge in [0, 0.05) is 6.54 Å². The molecule has 0 bridgehead atoms. The van der Waals surface area contributed by atoms with Crippen LogP contribution in [0.5, 0.6) is 0 Å². The molecule has 0 aromatic carbocycles. The number of nitrogens with one attached hydrogen (secondary N) is 1. The molecule has 116 valence electrons. The fourth-order valence-electron chi connectivity index (χ4n) is 3.30. The summed E-state index contributed by atoms with van der Waals surface area (Å²) in [4.78, 5) is 2.47. The smallest absolute Gasteiger partial charge is 0.106 e. The summed E-state index contributed by atoms with van der Waals surface area (Å²) in [7, 11) is 2.23. The van der Waals surface area contributed by atoms with Crippen LogP contribution >= 0.6 is 0 Å². The van der Waals surface area contributed by atoms with Gasteiger partial charge >= 0.3 is 0 Å². The second-order valence-corrected chi connectivity index (χ2v) is 6.49. The van der Waals surface area contributed by atoms with Crippen LogP contribution in [0.2, 0.25) is 0 Å². The molecule has 1 unspecified atom stereocenters. The van der Waals surface area contributed by atoms with Gasteiger partial charge < -0.3 is 4.90 Å². The number of hydrogen-bond acceptors (Lipinski definition) is 3. The Morgan fingerprint density at radius 3 is 2.55 bits per heavy atom. The Labute approximate surface area is 125 Å². The van der Waals surface area contributed by atoms with Gasteiger partial charge in [-0.25, -0.2) is 0 Å². The van der Waals surface area contributed by atoms with Crippen molar-refractivity contribution in [3.63, 3.8) is 0 Å². The molecule has 1 atom stereocenters. The molecule has 1 fully saturated rings. The highest BCUT2D eigenvalue weighted by Gasteiger charge is 2.26. The maximum Gasteiger partial charge on any atom is 0.106 e. The summed E-state index contributed by atoms with van der Waals surface area (Å²) in [5.74, 6) is 0.921. The summed E-state index contributed by atoms with van der Waals surface area (Å²) in [5, 5.41) is 12.9. The zero-order chi connectivity index (χ0) is 14.8. The molecular formula is C17H33N3. The highest BCUT2D eigenvalue weighted by Crippen LogP contribution is 2.25. The van der Waals surface area contributed by atoms with Crippen LogP contribution in [0, 0.1) is 17.2 Å². The Hall–Kier alpha value is -0.590. The Morgan fingerprint density at radius 1 is 1.30 bits per heavy atom. The molecule has 0 amide bonds. The van der Waals surface area contributed by atoms with Crippen molar-refractivity contribution in [1.82, 2.24) is 10.2 Å². The largest absolute Gasteiger partial charge is 0.306 e. The highest BCUT2D eigenvalue weighted by molar-refractivity contribution is 5.06. The SMILES string of the molecule is CCCNC(C#N)(CC)CCCN(C)CC1CCCC1. The van der Waals surface area contributed by atoms with Crippen molar-refractivity contribution in [2.75, 3.05) is 26.7 Å². The lowest BCUT2D eigenvalue weighted by atomic mass is 9.91. The summed E-state index contributed by atoms with van der Waals surface area (Å²) >= 11 is 0. The summed E-state index contributed by atoms with van der Waals surface area (Å²) in [5.41, 5.74) is -0.301. The Kier molecular flexibility index (Phi) is 8.18. The third-order valence-corrected chi connectivity index (χ3v) is 4.72. The Morgan fingerprint density at radius 2 is 2.00 bits per heavy atom. The average Bonchev–Trinajstić information content (AvgIpc) is 2.96. The predicted molar refractivity (Wildman–Crippen MR) is 85.6 cm³/mol. The number of nitrogens with zero attached hydrogens (tertiary/aromatic N) is 2. The van der Waals surface area contributed by atoms with Gasteiger partial charge in [0.05, 0.1) is 6.07 Å². The van der Waals surface area contributed by atoms with Crippen molar-refractivity contribution in [3.8, 4) is 6.07 Å². The minimum Gasteiger partial charge on any atom is -0.306 e. The highest BCUT2D eigenvalue weighted by atomic mass is 15.1. The third kappa shape index (κ3) is 5.81. The topological polar surface area (TPSA) is 39.1 Å². The maximum atomic E-state index is 9.47. The van der Waals surface area contributed by atoms with Crippen LogP contribution < -0.4 is 5.32 Å². The van der Waals surface area contributed by atoms with E-state index in [0.29, 0.717) is 0 Å². The van der Waals surface area contributed by atoms with Gasteiger partial charge in [0.2, 0.25) is 0 Å². The van der Waals surface area contributed by atoms with Gasteiger partial charge in [0.1, 0.15) is 5.54 Å². The molecule has 3 heteroatoms. The fourth-order valence-corrected chi connectivity index (χ4v) is 3.30. The molecule has 0 aliphatic heterocycles. The average molecular weight is 279 g/mol. The number of rotatable bonds is 10. The second kappa shape index (κ2) is 9.37. The van der Waals surface area contributed by atoms with E-state index in [1.165, 1.54) is 32.2 Å². The van der Waals surface area contributed by atoms with Crippen LogP contribution in [0.1, 0.15) is 65.2 Å². The molecule has 0 aromatic rings. The van der Waals surface area contributed by atoms with E-state index in [1.807, 2.05) is 0 Å². The van der Waals surface area contributed by atoms with Gasteiger partial charge in [-0.05, 0) is 64.6 Å². The molecule has 0 saturated heterocycles. The molecule has 0 heterocycles. The van der Waals surface area contributed by atoms with Gasteiger partial charge in [-0.2, -0.15) is 5.26 Å². The van der Waals surface area contributed by atoms with E-state index in [2.05, 4.69) is 37.2 Å². The molecule has 1 N–H and O–H groups in total. The van der Waals surface area contributed by atoms with E-state index in [9.17, 15) is 5.26 Å². The van der Waals surface area contributed by atoms with Crippen LogP contribution in [-0.2, 0) is 0 Å². The summed E-state index contributed by atoms with van der Waals surface area (Å²) in [6, 6.07) is 2.52. The molecule has 1 rings (SSSR count). The fraction of sp³-hybridized carbons (Fsp3) is 0.941. The van der Waals surface area contributed by atoms with E-state index >= 15 is 0 Å². The molecule has 3 nitrogen and oxygen atoms in total. The lowest BCUT2D eigenvalue weighted by molar-refractivity contribution is 0.258. The van der Waals surface area contributed by atoms with E-state index in [1.54, 1.807) is 0 Å². The van der Waals surface area contributed by atoms with E-state index in [4.69, 9.17) is 0 Å². The first-order chi connectivity index (χ1) is 9.65. The van der Waals surface area contributed by atoms with Crippen LogP contribution in [-0.4, -0.2) is 37.1 Å². The van der Waals surface area contributed by atoms with Crippen LogP contribution in [0.25, 0.3) is 0 Å². The van der Waals surface area contributed by atoms with Crippen LogP contribution in [0.4, 0.5) is 0 Å². The lowest BCUT2D eigenvalue weighted by Gasteiger charge is -2.28. The van der Waals surface area contributed by atoms with Gasteiger partial charge in [-0.3, -0.25) is 5.32 Å². The summed E-state index contributed by atoms with van der Waals surface area (Å²) in [6.45, 7) is 7.58. The van der Waals surface area contributed by atoms with Crippen molar-refractivity contribution in [2.24, 2.45) is 5.92 Å². The molecule has 0 aromatic heterocycles. The van der Waals surface area contributed by atoms with E-state index < -0.39 is 0 Å². The number of nitriles is 1. The van der Waals surface area contributed by atoms with Gasteiger partial charge in [-0.1, -0.05) is 26.7 Å². The number of hydrogen-bond donors (Lipinski definition) is 1. The van der Waals surface area contributed by atoms with Crippen LogP contribution in [0.15, 0.2) is 0 Å².